The summed E-state index contributed by atoms with van der Waals surface area (Å²) in [6.07, 6.45) is 1.78. The van der Waals surface area contributed by atoms with E-state index in [2.05, 4.69) is 0 Å². The van der Waals surface area contributed by atoms with Gasteiger partial charge in [0.1, 0.15) is 0 Å². The van der Waals surface area contributed by atoms with E-state index in [9.17, 15) is 9.59 Å². The van der Waals surface area contributed by atoms with Crippen molar-refractivity contribution in [3.05, 3.63) is 46.2 Å². The Labute approximate surface area is 157 Å². The molecule has 0 spiro atoms. The smallest absolute Gasteiger partial charge is 0.226 e. The number of methoxy groups -OCH3 is 2. The molecule has 0 N–H and O–H groups in total. The highest BCUT2D eigenvalue weighted by Crippen LogP contribution is 2.28. The lowest BCUT2D eigenvalue weighted by Crippen LogP contribution is -2.40. The molecule has 0 bridgehead atoms. The van der Waals surface area contributed by atoms with Gasteiger partial charge in [0.2, 0.25) is 5.91 Å². The third kappa shape index (κ3) is 4.07. The Bertz CT molecular complexity index is 764. The second-order valence-corrected chi connectivity index (χ2v) is 7.31. The van der Waals surface area contributed by atoms with Gasteiger partial charge in [-0.1, -0.05) is 12.1 Å². The number of benzene rings is 1. The highest BCUT2D eigenvalue weighted by Gasteiger charge is 2.28. The molecule has 5 nitrogen and oxygen atoms in total. The maximum atomic E-state index is 12.6. The summed E-state index contributed by atoms with van der Waals surface area (Å²) in [5.41, 5.74) is 0.893. The molecule has 0 aliphatic carbocycles. The molecule has 0 atom stereocenters. The Morgan fingerprint density at radius 2 is 1.85 bits per heavy atom. The number of nitrogens with zero attached hydrogens (tertiary/aromatic N) is 1. The summed E-state index contributed by atoms with van der Waals surface area (Å²) >= 11 is 1.49. The standard InChI is InChI=1S/C20H23NO4S/c1-24-16-6-5-14(12-17(16)25-2)13-19(22)21-9-7-15(8-10-21)20(23)18-4-3-11-26-18/h3-6,11-12,15H,7-10,13H2,1-2H3. The zero-order valence-corrected chi connectivity index (χ0v) is 15.9. The van der Waals surface area contributed by atoms with Crippen LogP contribution < -0.4 is 9.47 Å². The number of amides is 1. The lowest BCUT2D eigenvalue weighted by Gasteiger charge is -2.31. The summed E-state index contributed by atoms with van der Waals surface area (Å²) in [6, 6.07) is 9.31. The molecule has 1 aliphatic rings. The van der Waals surface area contributed by atoms with Crippen LogP contribution >= 0.6 is 11.3 Å². The van der Waals surface area contributed by atoms with Crippen LogP contribution in [0.15, 0.2) is 35.7 Å². The first kappa shape index (κ1) is 18.5. The van der Waals surface area contributed by atoms with E-state index in [1.165, 1.54) is 11.3 Å². The van der Waals surface area contributed by atoms with Gasteiger partial charge in [-0.3, -0.25) is 9.59 Å². The normalized spacial score (nSPS) is 14.9. The molecule has 2 heterocycles. The number of hydrogen-bond donors (Lipinski definition) is 0. The number of carbonyl (C=O) groups is 2. The van der Waals surface area contributed by atoms with E-state index in [-0.39, 0.29) is 17.6 Å². The van der Waals surface area contributed by atoms with Crippen LogP contribution in [-0.4, -0.2) is 43.9 Å². The molecular weight excluding hydrogens is 350 g/mol. The minimum atomic E-state index is 0.0266. The van der Waals surface area contributed by atoms with Gasteiger partial charge in [-0.2, -0.15) is 0 Å². The minimum absolute atomic E-state index is 0.0266. The lowest BCUT2D eigenvalue weighted by molar-refractivity contribution is -0.131. The summed E-state index contributed by atoms with van der Waals surface area (Å²) in [5.74, 6) is 1.60. The van der Waals surface area contributed by atoms with Crippen molar-refractivity contribution in [1.29, 1.82) is 0 Å². The van der Waals surface area contributed by atoms with Crippen LogP contribution in [-0.2, 0) is 11.2 Å². The Hall–Kier alpha value is -2.34. The van der Waals surface area contributed by atoms with Crippen LogP contribution in [0, 0.1) is 5.92 Å². The van der Waals surface area contributed by atoms with Crippen molar-refractivity contribution in [3.8, 4) is 11.5 Å². The van der Waals surface area contributed by atoms with Gasteiger partial charge in [-0.05, 0) is 42.0 Å². The number of likely N-dealkylation sites (tertiary alicyclic amines) is 1. The molecule has 0 saturated carbocycles. The number of hydrogen-bond acceptors (Lipinski definition) is 5. The summed E-state index contributed by atoms with van der Waals surface area (Å²) in [5, 5.41) is 1.93. The molecule has 1 fully saturated rings. The van der Waals surface area contributed by atoms with E-state index in [0.717, 1.165) is 23.3 Å². The number of Topliss-reactive ketones (excluding diaryl/α,β-unsaturated/α-hetero) is 1. The molecule has 1 aromatic heterocycles. The Morgan fingerprint density at radius 3 is 2.46 bits per heavy atom. The van der Waals surface area contributed by atoms with Gasteiger partial charge in [0, 0.05) is 19.0 Å². The second-order valence-electron chi connectivity index (χ2n) is 6.36. The number of ether oxygens (including phenoxy) is 2. The fourth-order valence-electron chi connectivity index (χ4n) is 3.29. The number of rotatable bonds is 6. The molecule has 138 valence electrons. The minimum Gasteiger partial charge on any atom is -0.493 e. The summed E-state index contributed by atoms with van der Waals surface area (Å²) in [4.78, 5) is 27.7. The van der Waals surface area contributed by atoms with Crippen molar-refractivity contribution in [2.75, 3.05) is 27.3 Å². The third-order valence-corrected chi connectivity index (χ3v) is 5.67. The van der Waals surface area contributed by atoms with Gasteiger partial charge >= 0.3 is 0 Å². The Kier molecular flexibility index (Phi) is 5.93. The molecule has 1 saturated heterocycles. The van der Waals surface area contributed by atoms with Crippen molar-refractivity contribution >= 4 is 23.0 Å². The molecule has 1 amide bonds. The topological polar surface area (TPSA) is 55.8 Å². The fourth-order valence-corrected chi connectivity index (χ4v) is 4.03. The zero-order chi connectivity index (χ0) is 18.5. The molecule has 0 unspecified atom stereocenters. The zero-order valence-electron chi connectivity index (χ0n) is 15.1. The van der Waals surface area contributed by atoms with E-state index in [1.807, 2.05) is 40.6 Å². The van der Waals surface area contributed by atoms with Crippen molar-refractivity contribution in [3.63, 3.8) is 0 Å². The molecule has 0 radical (unpaired) electrons. The highest BCUT2D eigenvalue weighted by molar-refractivity contribution is 7.12. The van der Waals surface area contributed by atoms with E-state index in [1.54, 1.807) is 14.2 Å². The number of thiophene rings is 1. The first-order valence-corrected chi connectivity index (χ1v) is 9.56. The molecule has 3 rings (SSSR count). The Balaban J connectivity index is 1.56. The quantitative estimate of drug-likeness (QED) is 0.728. The highest BCUT2D eigenvalue weighted by atomic mass is 32.1. The first-order chi connectivity index (χ1) is 12.6. The summed E-state index contributed by atoms with van der Waals surface area (Å²) in [6.45, 7) is 1.27. The number of piperidine rings is 1. The predicted octanol–water partition coefficient (Wildman–Crippen LogP) is 3.43. The van der Waals surface area contributed by atoms with Gasteiger partial charge in [0.05, 0.1) is 25.5 Å². The first-order valence-electron chi connectivity index (χ1n) is 8.68. The van der Waals surface area contributed by atoms with Crippen molar-refractivity contribution in [2.24, 2.45) is 5.92 Å². The van der Waals surface area contributed by atoms with Crippen LogP contribution in [0.3, 0.4) is 0 Å². The fraction of sp³-hybridized carbons (Fsp3) is 0.400. The van der Waals surface area contributed by atoms with Gasteiger partial charge < -0.3 is 14.4 Å². The van der Waals surface area contributed by atoms with E-state index in [4.69, 9.17) is 9.47 Å². The van der Waals surface area contributed by atoms with E-state index in [0.29, 0.717) is 31.0 Å². The van der Waals surface area contributed by atoms with Crippen LogP contribution in [0.5, 0.6) is 11.5 Å². The maximum absolute atomic E-state index is 12.6. The third-order valence-electron chi connectivity index (χ3n) is 4.79. The second kappa shape index (κ2) is 8.36. The largest absolute Gasteiger partial charge is 0.493 e. The lowest BCUT2D eigenvalue weighted by atomic mass is 9.91. The van der Waals surface area contributed by atoms with Crippen LogP contribution in [0.2, 0.25) is 0 Å². The van der Waals surface area contributed by atoms with Crippen molar-refractivity contribution in [2.45, 2.75) is 19.3 Å². The van der Waals surface area contributed by atoms with Crippen molar-refractivity contribution < 1.29 is 19.1 Å². The van der Waals surface area contributed by atoms with Crippen LogP contribution in [0.1, 0.15) is 28.1 Å². The molecular formula is C20H23NO4S. The van der Waals surface area contributed by atoms with Gasteiger partial charge in [-0.25, -0.2) is 0 Å². The maximum Gasteiger partial charge on any atom is 0.226 e. The summed E-state index contributed by atoms with van der Waals surface area (Å²) in [7, 11) is 3.17. The van der Waals surface area contributed by atoms with Gasteiger partial charge in [0.25, 0.3) is 0 Å². The Morgan fingerprint density at radius 1 is 1.12 bits per heavy atom. The molecule has 1 aromatic carbocycles. The number of carbonyl (C=O) groups excluding carboxylic acids is 2. The predicted molar refractivity (Wildman–Crippen MR) is 101 cm³/mol. The van der Waals surface area contributed by atoms with Gasteiger partial charge in [-0.15, -0.1) is 11.3 Å². The van der Waals surface area contributed by atoms with E-state index < -0.39 is 0 Å². The molecule has 1 aliphatic heterocycles. The van der Waals surface area contributed by atoms with Gasteiger partial charge in [0.15, 0.2) is 17.3 Å². The molecule has 6 heteroatoms. The van der Waals surface area contributed by atoms with E-state index >= 15 is 0 Å². The molecule has 2 aromatic rings. The monoisotopic (exact) mass is 373 g/mol. The SMILES string of the molecule is COc1ccc(CC(=O)N2CCC(C(=O)c3cccs3)CC2)cc1OC. The van der Waals surface area contributed by atoms with Crippen LogP contribution in [0.4, 0.5) is 0 Å². The summed E-state index contributed by atoms with van der Waals surface area (Å²) < 4.78 is 10.5. The molecule has 26 heavy (non-hydrogen) atoms. The average Bonchev–Trinajstić information content (AvgIpc) is 3.22. The van der Waals surface area contributed by atoms with Crippen LogP contribution in [0.25, 0.3) is 0 Å². The number of ketones is 1. The van der Waals surface area contributed by atoms with Crippen molar-refractivity contribution in [1.82, 2.24) is 4.90 Å². The average molecular weight is 373 g/mol.